The topological polar surface area (TPSA) is 113 Å². The highest BCUT2D eigenvalue weighted by Gasteiger charge is 2.34. The normalized spacial score (nSPS) is 19.3. The van der Waals surface area contributed by atoms with Gasteiger partial charge >= 0.3 is 0 Å². The van der Waals surface area contributed by atoms with E-state index < -0.39 is 17.8 Å². The molecule has 4 aromatic rings. The number of carbonyl (C=O) groups excluding carboxylic acids is 2. The number of amides is 1. The molecule has 1 saturated heterocycles. The van der Waals surface area contributed by atoms with Gasteiger partial charge in [0.2, 0.25) is 11.7 Å². The van der Waals surface area contributed by atoms with Crippen molar-refractivity contribution >= 4 is 11.7 Å². The molecule has 2 aliphatic heterocycles. The Labute approximate surface area is 224 Å². The third kappa shape index (κ3) is 4.76. The van der Waals surface area contributed by atoms with Gasteiger partial charge in [0, 0.05) is 43.0 Å². The van der Waals surface area contributed by atoms with E-state index in [1.54, 1.807) is 34.9 Å². The molecule has 3 heterocycles. The number of imidazole rings is 1. The third-order valence-corrected chi connectivity index (χ3v) is 7.50. The molecular formula is C30H28FN5O3. The Morgan fingerprint density at radius 3 is 2.74 bits per heavy atom. The molecule has 0 radical (unpaired) electrons. The van der Waals surface area contributed by atoms with Gasteiger partial charge in [-0.05, 0) is 47.4 Å². The second kappa shape index (κ2) is 10.2. The molecule has 0 bridgehead atoms. The van der Waals surface area contributed by atoms with E-state index in [9.17, 15) is 14.7 Å². The number of nitrogens with one attached hydrogen (secondary N) is 1. The van der Waals surface area contributed by atoms with Crippen LogP contribution in [0, 0.1) is 5.82 Å². The van der Waals surface area contributed by atoms with Gasteiger partial charge < -0.3 is 10.8 Å². The van der Waals surface area contributed by atoms with Crippen molar-refractivity contribution in [1.82, 2.24) is 19.8 Å². The van der Waals surface area contributed by atoms with Gasteiger partial charge in [-0.25, -0.2) is 9.37 Å². The monoisotopic (exact) mass is 525 g/mol. The van der Waals surface area contributed by atoms with Gasteiger partial charge in [-0.3, -0.25) is 24.4 Å². The first kappa shape index (κ1) is 25.1. The number of Topliss-reactive ketones (excluding diaryl/α,β-unsaturated/α-hetero) is 1. The molecule has 0 spiro atoms. The van der Waals surface area contributed by atoms with Crippen molar-refractivity contribution in [2.45, 2.75) is 31.7 Å². The molecule has 1 fully saturated rings. The predicted octanol–water partition coefficient (Wildman–Crippen LogP) is 3.37. The second-order valence-corrected chi connectivity index (χ2v) is 10.1. The minimum absolute atomic E-state index is 0.258. The lowest BCUT2D eigenvalue weighted by Gasteiger charge is -2.24. The van der Waals surface area contributed by atoms with Gasteiger partial charge in [0.25, 0.3) is 0 Å². The Hall–Kier alpha value is -4.18. The second-order valence-electron chi connectivity index (χ2n) is 10.1. The number of hydrogen-bond donors (Lipinski definition) is 3. The number of nitrogens with two attached hydrogens (primary N) is 1. The van der Waals surface area contributed by atoms with Crippen molar-refractivity contribution in [3.63, 3.8) is 0 Å². The number of benzene rings is 3. The molecule has 3 aromatic carbocycles. The van der Waals surface area contributed by atoms with E-state index in [0.29, 0.717) is 42.3 Å². The first-order chi connectivity index (χ1) is 18.9. The number of primary amides is 1. The fourth-order valence-electron chi connectivity index (χ4n) is 5.53. The fraction of sp³-hybridized carbons (Fsp3) is 0.233. The van der Waals surface area contributed by atoms with Crippen molar-refractivity contribution in [1.29, 1.82) is 0 Å². The summed E-state index contributed by atoms with van der Waals surface area (Å²) in [5.41, 5.74) is 10.2. The van der Waals surface area contributed by atoms with Crippen LogP contribution in [0.25, 0.3) is 16.8 Å². The van der Waals surface area contributed by atoms with Gasteiger partial charge in [0.1, 0.15) is 23.9 Å². The number of aromatic nitrogens is 2. The Morgan fingerprint density at radius 2 is 1.97 bits per heavy atom. The smallest absolute Gasteiger partial charge is 0.248 e. The van der Waals surface area contributed by atoms with Crippen molar-refractivity contribution in [3.8, 4) is 16.8 Å². The summed E-state index contributed by atoms with van der Waals surface area (Å²) in [6.07, 6.45) is 1.98. The molecule has 8 nitrogen and oxygen atoms in total. The van der Waals surface area contributed by atoms with Crippen LogP contribution < -0.4 is 11.1 Å². The standard InChI is InChI=1S/C30H28FN5O3/c31-25-13-18(23-7-2-1-4-20(23)15-35-11-10-22(37)16-35)8-9-24(25)27-29(38)28-26(14-33-27)34-17-36(28)21-6-3-5-19(12-21)30(32)39/h1-9,12-13,17,22,27,33,37H,10-11,14-16H2,(H2,32,39). The van der Waals surface area contributed by atoms with Gasteiger partial charge in [0.15, 0.2) is 0 Å². The molecule has 2 atom stereocenters. The maximum Gasteiger partial charge on any atom is 0.248 e. The first-order valence-corrected chi connectivity index (χ1v) is 12.9. The van der Waals surface area contributed by atoms with Gasteiger partial charge in [-0.15, -0.1) is 0 Å². The molecule has 198 valence electrons. The fourth-order valence-corrected chi connectivity index (χ4v) is 5.53. The van der Waals surface area contributed by atoms with E-state index in [1.807, 2.05) is 30.3 Å². The third-order valence-electron chi connectivity index (χ3n) is 7.50. The van der Waals surface area contributed by atoms with Crippen molar-refractivity contribution < 1.29 is 19.1 Å². The van der Waals surface area contributed by atoms with Gasteiger partial charge in [-0.1, -0.05) is 42.5 Å². The van der Waals surface area contributed by atoms with E-state index in [1.165, 1.54) is 12.4 Å². The first-order valence-electron chi connectivity index (χ1n) is 12.9. The number of likely N-dealkylation sites (tertiary alicyclic amines) is 1. The highest BCUT2D eigenvalue weighted by Crippen LogP contribution is 2.32. The number of fused-ring (bicyclic) bond motifs is 1. The summed E-state index contributed by atoms with van der Waals surface area (Å²) in [7, 11) is 0. The molecule has 2 aliphatic rings. The molecule has 6 rings (SSSR count). The Morgan fingerprint density at radius 1 is 1.13 bits per heavy atom. The molecule has 39 heavy (non-hydrogen) atoms. The average molecular weight is 526 g/mol. The molecular weight excluding hydrogens is 497 g/mol. The summed E-state index contributed by atoms with van der Waals surface area (Å²) < 4.78 is 17.3. The molecule has 9 heteroatoms. The number of rotatable bonds is 6. The Balaban J connectivity index is 1.29. The van der Waals surface area contributed by atoms with Gasteiger partial charge in [-0.2, -0.15) is 0 Å². The summed E-state index contributed by atoms with van der Waals surface area (Å²) >= 11 is 0. The highest BCUT2D eigenvalue weighted by molar-refractivity contribution is 6.02. The lowest BCUT2D eigenvalue weighted by atomic mass is 9.92. The Bertz CT molecular complexity index is 1580. The molecule has 2 unspecified atom stereocenters. The molecule has 0 aliphatic carbocycles. The number of halogens is 1. The number of aliphatic hydroxyl groups is 1. The van der Waals surface area contributed by atoms with E-state index in [-0.39, 0.29) is 17.5 Å². The number of aliphatic hydroxyl groups excluding tert-OH is 1. The zero-order valence-electron chi connectivity index (χ0n) is 21.2. The van der Waals surface area contributed by atoms with Crippen molar-refractivity contribution in [3.05, 3.63) is 107 Å². The van der Waals surface area contributed by atoms with Crippen LogP contribution in [0.5, 0.6) is 0 Å². The predicted molar refractivity (Wildman–Crippen MR) is 144 cm³/mol. The van der Waals surface area contributed by atoms with Crippen LogP contribution in [0.4, 0.5) is 4.39 Å². The van der Waals surface area contributed by atoms with Crippen LogP contribution in [-0.4, -0.2) is 50.4 Å². The maximum absolute atomic E-state index is 15.6. The summed E-state index contributed by atoms with van der Waals surface area (Å²) in [4.78, 5) is 31.9. The molecule has 1 amide bonds. The van der Waals surface area contributed by atoms with E-state index >= 15 is 4.39 Å². The quantitative estimate of drug-likeness (QED) is 0.356. The van der Waals surface area contributed by atoms with E-state index in [4.69, 9.17) is 5.73 Å². The molecule has 4 N–H and O–H groups in total. The van der Waals surface area contributed by atoms with E-state index in [0.717, 1.165) is 29.7 Å². The summed E-state index contributed by atoms with van der Waals surface area (Å²) in [6.45, 7) is 2.41. The summed E-state index contributed by atoms with van der Waals surface area (Å²) in [6, 6.07) is 18.6. The number of nitrogens with zero attached hydrogens (tertiary/aromatic N) is 3. The average Bonchev–Trinajstić information content (AvgIpc) is 3.56. The lowest BCUT2D eigenvalue weighted by molar-refractivity contribution is 0.0919. The largest absolute Gasteiger partial charge is 0.392 e. The van der Waals surface area contributed by atoms with Crippen LogP contribution in [0.15, 0.2) is 73.1 Å². The van der Waals surface area contributed by atoms with Crippen LogP contribution in [0.1, 0.15) is 50.1 Å². The zero-order chi connectivity index (χ0) is 27.1. The number of carbonyl (C=O) groups is 2. The maximum atomic E-state index is 15.6. The van der Waals surface area contributed by atoms with Crippen molar-refractivity contribution in [2.75, 3.05) is 13.1 Å². The number of hydrogen-bond acceptors (Lipinski definition) is 6. The minimum atomic E-state index is -0.886. The number of ketones is 1. The van der Waals surface area contributed by atoms with Crippen LogP contribution in [0.3, 0.4) is 0 Å². The van der Waals surface area contributed by atoms with E-state index in [2.05, 4.69) is 15.2 Å². The van der Waals surface area contributed by atoms with Crippen LogP contribution in [0.2, 0.25) is 0 Å². The number of β-amino-alcohol motifs (C(OH)–C–C–N with tert-alkyl or cyclic N) is 1. The summed E-state index contributed by atoms with van der Waals surface area (Å²) in [5.74, 6) is -1.36. The summed E-state index contributed by atoms with van der Waals surface area (Å²) in [5, 5.41) is 13.0. The van der Waals surface area contributed by atoms with Gasteiger partial charge in [0.05, 0.1) is 11.8 Å². The SMILES string of the molecule is NC(=O)c1cccc(-n2cnc3c2C(=O)C(c2ccc(-c4ccccc4CN4CCC(O)C4)cc2F)NC3)c1. The van der Waals surface area contributed by atoms with Crippen LogP contribution in [-0.2, 0) is 13.1 Å². The zero-order valence-corrected chi connectivity index (χ0v) is 21.2. The van der Waals surface area contributed by atoms with Crippen molar-refractivity contribution in [2.24, 2.45) is 5.73 Å². The molecule has 1 aromatic heterocycles. The molecule has 0 saturated carbocycles. The Kier molecular flexibility index (Phi) is 6.56. The van der Waals surface area contributed by atoms with Crippen LogP contribution >= 0.6 is 0 Å². The lowest BCUT2D eigenvalue weighted by Crippen LogP contribution is -2.36. The highest BCUT2D eigenvalue weighted by atomic mass is 19.1. The minimum Gasteiger partial charge on any atom is -0.392 e.